The molecule has 216 valence electrons. The molecule has 1 aliphatic carbocycles. The molecule has 3 aromatic rings. The van der Waals surface area contributed by atoms with E-state index in [0.717, 1.165) is 54.5 Å². The van der Waals surface area contributed by atoms with Crippen LogP contribution in [0.4, 0.5) is 4.39 Å². The minimum atomic E-state index is -0.682. The fraction of sp³-hybridized carbons (Fsp3) is 0.400. The SMILES string of the molecule is CC.CCCCCC(=O)O.COc1ccc(F)c(-c2ccc(COc3ccccc3)cc2C2=CCCC2(C)C)c1. The molecule has 0 amide bonds. The predicted octanol–water partition coefficient (Wildman–Crippen LogP) is 9.96. The van der Waals surface area contributed by atoms with Crippen LogP contribution in [-0.2, 0) is 11.4 Å². The van der Waals surface area contributed by atoms with Gasteiger partial charge in [-0.15, -0.1) is 0 Å². The predicted molar refractivity (Wildman–Crippen MR) is 163 cm³/mol. The molecule has 0 atom stereocenters. The van der Waals surface area contributed by atoms with Crippen molar-refractivity contribution in [2.24, 2.45) is 5.41 Å². The molecule has 0 aromatic heterocycles. The molecule has 0 aliphatic heterocycles. The molecule has 4 nitrogen and oxygen atoms in total. The molecule has 40 heavy (non-hydrogen) atoms. The third-order valence-corrected chi connectivity index (χ3v) is 6.83. The molecular formula is C35H45FO4. The van der Waals surface area contributed by atoms with Crippen LogP contribution in [0.3, 0.4) is 0 Å². The van der Waals surface area contributed by atoms with Gasteiger partial charge in [0.25, 0.3) is 0 Å². The van der Waals surface area contributed by atoms with E-state index >= 15 is 0 Å². The summed E-state index contributed by atoms with van der Waals surface area (Å²) in [5.74, 6) is 0.552. The van der Waals surface area contributed by atoms with Crippen LogP contribution >= 0.6 is 0 Å². The maximum atomic E-state index is 14.8. The topological polar surface area (TPSA) is 55.8 Å². The maximum absolute atomic E-state index is 14.8. The highest BCUT2D eigenvalue weighted by Gasteiger charge is 2.30. The lowest BCUT2D eigenvalue weighted by molar-refractivity contribution is -0.137. The molecule has 4 rings (SSSR count). The normalized spacial score (nSPS) is 13.2. The van der Waals surface area contributed by atoms with Crippen LogP contribution in [0.2, 0.25) is 0 Å². The molecule has 0 radical (unpaired) electrons. The van der Waals surface area contributed by atoms with Crippen LogP contribution in [0.1, 0.15) is 84.3 Å². The minimum Gasteiger partial charge on any atom is -0.497 e. The quantitative estimate of drug-likeness (QED) is 0.256. The van der Waals surface area contributed by atoms with Crippen molar-refractivity contribution in [3.05, 3.63) is 89.8 Å². The summed E-state index contributed by atoms with van der Waals surface area (Å²) in [7, 11) is 1.60. The number of carboxylic acid groups (broad SMARTS) is 1. The number of unbranched alkanes of at least 4 members (excludes halogenated alkanes) is 2. The Kier molecular flexibility index (Phi) is 13.4. The van der Waals surface area contributed by atoms with Crippen molar-refractivity contribution in [3.8, 4) is 22.6 Å². The van der Waals surface area contributed by atoms with E-state index in [0.29, 0.717) is 24.3 Å². The van der Waals surface area contributed by atoms with Gasteiger partial charge in [0.2, 0.25) is 0 Å². The standard InChI is InChI=1S/C27H27FO2.C6H12O2.C2H6/c1-27(2)15-7-10-25(27)23-16-19(18-30-20-8-5-4-6-9-20)11-13-22(23)24-17-21(29-3)12-14-26(24)28;1-2-3-4-5-6(7)8;1-2/h4-6,8-14,16-17H,7,15,18H2,1-3H3;2-5H2,1H3,(H,7,8);1-2H3. The Morgan fingerprint density at radius 1 is 0.925 bits per heavy atom. The Bertz CT molecular complexity index is 1230. The summed E-state index contributed by atoms with van der Waals surface area (Å²) >= 11 is 0. The van der Waals surface area contributed by atoms with Crippen molar-refractivity contribution in [1.29, 1.82) is 0 Å². The van der Waals surface area contributed by atoms with E-state index in [1.54, 1.807) is 19.2 Å². The Labute approximate surface area is 239 Å². The first-order valence-corrected chi connectivity index (χ1v) is 14.3. The summed E-state index contributed by atoms with van der Waals surface area (Å²) in [6.07, 6.45) is 7.69. The summed E-state index contributed by atoms with van der Waals surface area (Å²) in [4.78, 5) is 9.87. The zero-order valence-electron chi connectivity index (χ0n) is 24.9. The van der Waals surface area contributed by atoms with Crippen molar-refractivity contribution in [2.45, 2.75) is 79.8 Å². The van der Waals surface area contributed by atoms with Gasteiger partial charge in [0.05, 0.1) is 7.11 Å². The summed E-state index contributed by atoms with van der Waals surface area (Å²) in [5, 5.41) is 8.14. The molecule has 5 heteroatoms. The number of methoxy groups -OCH3 is 1. The number of benzene rings is 3. The number of carboxylic acids is 1. The van der Waals surface area contributed by atoms with E-state index in [4.69, 9.17) is 14.6 Å². The van der Waals surface area contributed by atoms with Gasteiger partial charge in [-0.25, -0.2) is 4.39 Å². The average Bonchev–Trinajstić information content (AvgIpc) is 3.32. The van der Waals surface area contributed by atoms with E-state index in [9.17, 15) is 9.18 Å². The van der Waals surface area contributed by atoms with Crippen molar-refractivity contribution in [1.82, 2.24) is 0 Å². The smallest absolute Gasteiger partial charge is 0.303 e. The van der Waals surface area contributed by atoms with Crippen molar-refractivity contribution < 1.29 is 23.8 Å². The van der Waals surface area contributed by atoms with Gasteiger partial charge in [0.1, 0.15) is 23.9 Å². The molecule has 1 aliphatic rings. The first kappa shape index (κ1) is 32.6. The van der Waals surface area contributed by atoms with Crippen LogP contribution in [-0.4, -0.2) is 18.2 Å². The number of hydrogen-bond donors (Lipinski definition) is 1. The number of ether oxygens (including phenoxy) is 2. The van der Waals surface area contributed by atoms with Crippen LogP contribution in [0, 0.1) is 11.2 Å². The zero-order chi connectivity index (χ0) is 29.5. The van der Waals surface area contributed by atoms with Gasteiger partial charge in [0.15, 0.2) is 0 Å². The summed E-state index contributed by atoms with van der Waals surface area (Å²) in [6.45, 7) is 11.0. The van der Waals surface area contributed by atoms with Crippen molar-refractivity contribution >= 4 is 11.5 Å². The highest BCUT2D eigenvalue weighted by atomic mass is 19.1. The molecule has 1 N–H and O–H groups in total. The Morgan fingerprint density at radius 2 is 1.65 bits per heavy atom. The third kappa shape index (κ3) is 9.55. The van der Waals surface area contributed by atoms with Crippen molar-refractivity contribution in [2.75, 3.05) is 7.11 Å². The molecule has 0 saturated carbocycles. The number of halogens is 1. The highest BCUT2D eigenvalue weighted by molar-refractivity contribution is 5.85. The summed E-state index contributed by atoms with van der Waals surface area (Å²) in [5.41, 5.74) is 4.88. The molecule has 0 spiro atoms. The summed E-state index contributed by atoms with van der Waals surface area (Å²) < 4.78 is 26.1. The zero-order valence-corrected chi connectivity index (χ0v) is 24.9. The van der Waals surface area contributed by atoms with E-state index < -0.39 is 5.97 Å². The van der Waals surface area contributed by atoms with Gasteiger partial charge in [-0.3, -0.25) is 4.79 Å². The molecular weight excluding hydrogens is 503 g/mol. The van der Waals surface area contributed by atoms with Crippen molar-refractivity contribution in [3.63, 3.8) is 0 Å². The largest absolute Gasteiger partial charge is 0.497 e. The average molecular weight is 549 g/mol. The first-order valence-electron chi connectivity index (χ1n) is 14.3. The Hall–Kier alpha value is -3.60. The van der Waals surface area contributed by atoms with Gasteiger partial charge < -0.3 is 14.6 Å². The number of allylic oxidation sites excluding steroid dienone is 2. The lowest BCUT2D eigenvalue weighted by atomic mass is 9.79. The van der Waals surface area contributed by atoms with Crippen LogP contribution < -0.4 is 9.47 Å². The van der Waals surface area contributed by atoms with E-state index in [2.05, 4.69) is 32.9 Å². The van der Waals surface area contributed by atoms with E-state index in [-0.39, 0.29) is 11.2 Å². The molecule has 0 bridgehead atoms. The van der Waals surface area contributed by atoms with Crippen LogP contribution in [0.15, 0.2) is 72.8 Å². The van der Waals surface area contributed by atoms with Gasteiger partial charge >= 0.3 is 5.97 Å². The highest BCUT2D eigenvalue weighted by Crippen LogP contribution is 2.47. The van der Waals surface area contributed by atoms with Gasteiger partial charge in [-0.05, 0) is 83.3 Å². The molecule has 0 fully saturated rings. The first-order chi connectivity index (χ1) is 19.2. The fourth-order valence-corrected chi connectivity index (χ4v) is 4.65. The maximum Gasteiger partial charge on any atom is 0.303 e. The molecule has 0 saturated heterocycles. The number of aliphatic carboxylic acids is 1. The second kappa shape index (κ2) is 16.5. The molecule has 0 unspecified atom stereocenters. The van der Waals surface area contributed by atoms with Gasteiger partial charge in [0, 0.05) is 12.0 Å². The van der Waals surface area contributed by atoms with Crippen LogP contribution in [0.25, 0.3) is 16.7 Å². The molecule has 0 heterocycles. The lowest BCUT2D eigenvalue weighted by Gasteiger charge is -2.25. The van der Waals surface area contributed by atoms with E-state index in [1.165, 1.54) is 11.6 Å². The fourth-order valence-electron chi connectivity index (χ4n) is 4.65. The second-order valence-corrected chi connectivity index (χ2v) is 10.2. The third-order valence-electron chi connectivity index (χ3n) is 6.83. The minimum absolute atomic E-state index is 0.0446. The second-order valence-electron chi connectivity index (χ2n) is 10.2. The number of hydrogen-bond acceptors (Lipinski definition) is 3. The monoisotopic (exact) mass is 548 g/mol. The number of carbonyl (C=O) groups is 1. The summed E-state index contributed by atoms with van der Waals surface area (Å²) in [6, 6.07) is 20.9. The van der Waals surface area contributed by atoms with E-state index in [1.807, 2.05) is 56.3 Å². The van der Waals surface area contributed by atoms with Gasteiger partial charge in [-0.1, -0.05) is 83.9 Å². The number of rotatable bonds is 10. The lowest BCUT2D eigenvalue weighted by Crippen LogP contribution is -2.10. The molecule has 3 aromatic carbocycles. The Morgan fingerprint density at radius 3 is 2.25 bits per heavy atom. The van der Waals surface area contributed by atoms with Gasteiger partial charge in [-0.2, -0.15) is 0 Å². The van der Waals surface area contributed by atoms with Crippen LogP contribution in [0.5, 0.6) is 11.5 Å². The number of para-hydroxylation sites is 1. The Balaban J connectivity index is 0.000000484.